The first-order valence-electron chi connectivity index (χ1n) is 13.6. The first kappa shape index (κ1) is 26.1. The van der Waals surface area contributed by atoms with Crippen LogP contribution >= 0.6 is 0 Å². The second-order valence-corrected chi connectivity index (χ2v) is 10.8. The first-order chi connectivity index (χ1) is 17.4. The van der Waals surface area contributed by atoms with Gasteiger partial charge < -0.3 is 33.2 Å². The normalized spacial score (nSPS) is 37.3. The smallest absolute Gasteiger partial charge is 0.309 e. The molecular formula is C27H40O9. The number of ether oxygens (including phenoxy) is 7. The van der Waals surface area contributed by atoms with Gasteiger partial charge in [0.1, 0.15) is 30.5 Å². The Bertz CT molecular complexity index is 814. The third-order valence-corrected chi connectivity index (χ3v) is 8.19. The molecule has 0 bridgehead atoms. The molecule has 5 fully saturated rings. The summed E-state index contributed by atoms with van der Waals surface area (Å²) in [5.41, 5.74) is 0. The van der Waals surface area contributed by atoms with Crippen LogP contribution in [0.15, 0.2) is 12.2 Å². The van der Waals surface area contributed by atoms with Crippen molar-refractivity contribution in [2.24, 2.45) is 0 Å². The Hall–Kier alpha value is -1.52. The average Bonchev–Trinajstić information content (AvgIpc) is 3.45. The first-order valence-corrected chi connectivity index (χ1v) is 13.6. The van der Waals surface area contributed by atoms with Gasteiger partial charge in [0, 0.05) is 32.6 Å². The minimum absolute atomic E-state index is 0.168. The van der Waals surface area contributed by atoms with Gasteiger partial charge in [-0.1, -0.05) is 25.0 Å². The Morgan fingerprint density at radius 1 is 0.861 bits per heavy atom. The molecule has 6 atom stereocenters. The number of carbonyl (C=O) groups is 2. The van der Waals surface area contributed by atoms with Crippen molar-refractivity contribution >= 4 is 11.9 Å². The van der Waals surface area contributed by atoms with Crippen molar-refractivity contribution in [2.45, 2.75) is 132 Å². The standard InChI is InChI=1S/C27H40O9/c1-18(28)32-22-19(11-5-6-12-21(29)30-2)33-23(20-17-31-26(34-20)13-7-3-8-14-26)25-24(22)35-27(36-25)15-9-4-10-16-27/h5-6,19-20,22-25H,3-4,7-17H2,1-2H3/b6-5+/t19-,20-,22-,23-,24-,25+/m0/s1. The highest BCUT2D eigenvalue weighted by atomic mass is 16.8. The van der Waals surface area contributed by atoms with Crippen LogP contribution in [0.3, 0.4) is 0 Å². The second kappa shape index (κ2) is 11.1. The van der Waals surface area contributed by atoms with E-state index in [1.54, 1.807) is 6.08 Å². The Morgan fingerprint density at radius 3 is 2.19 bits per heavy atom. The quantitative estimate of drug-likeness (QED) is 0.393. The van der Waals surface area contributed by atoms with Crippen LogP contribution in [0.25, 0.3) is 0 Å². The van der Waals surface area contributed by atoms with Gasteiger partial charge in [-0.2, -0.15) is 0 Å². The lowest BCUT2D eigenvalue weighted by Gasteiger charge is -2.43. The van der Waals surface area contributed by atoms with E-state index in [9.17, 15) is 9.59 Å². The summed E-state index contributed by atoms with van der Waals surface area (Å²) < 4.78 is 43.3. The van der Waals surface area contributed by atoms with E-state index in [-0.39, 0.29) is 24.5 Å². The summed E-state index contributed by atoms with van der Waals surface area (Å²) in [6.07, 6.45) is 11.6. The molecular weight excluding hydrogens is 468 g/mol. The minimum Gasteiger partial charge on any atom is -0.469 e. The molecule has 202 valence electrons. The maximum absolute atomic E-state index is 12.1. The number of esters is 2. The Labute approximate surface area is 213 Å². The van der Waals surface area contributed by atoms with Gasteiger partial charge in [-0.25, -0.2) is 0 Å². The topological polar surface area (TPSA) is 98.8 Å². The van der Waals surface area contributed by atoms with Crippen molar-refractivity contribution in [1.82, 2.24) is 0 Å². The van der Waals surface area contributed by atoms with Crippen LogP contribution in [-0.2, 0) is 42.7 Å². The van der Waals surface area contributed by atoms with Gasteiger partial charge >= 0.3 is 11.9 Å². The lowest BCUT2D eigenvalue weighted by molar-refractivity contribution is -0.243. The van der Waals surface area contributed by atoms with E-state index in [1.165, 1.54) is 20.5 Å². The average molecular weight is 509 g/mol. The summed E-state index contributed by atoms with van der Waals surface area (Å²) in [7, 11) is 1.36. The monoisotopic (exact) mass is 508 g/mol. The maximum atomic E-state index is 12.1. The molecule has 0 aromatic carbocycles. The Morgan fingerprint density at radius 2 is 1.53 bits per heavy atom. The Balaban J connectivity index is 1.38. The van der Waals surface area contributed by atoms with E-state index >= 15 is 0 Å². The highest BCUT2D eigenvalue weighted by Crippen LogP contribution is 2.48. The van der Waals surface area contributed by atoms with E-state index in [0.717, 1.165) is 57.8 Å². The SMILES string of the molecule is COC(=O)C/C=C/C[C@@H]1O[C@@H]([C@@H]2COC3(CCCCC3)O2)[C@H]2OC3(CCCCC3)O[C@H]2[C@H]1OC(C)=O. The molecule has 0 aromatic heterocycles. The molecule has 0 aromatic rings. The molecule has 2 aliphatic carbocycles. The third kappa shape index (κ3) is 5.50. The van der Waals surface area contributed by atoms with E-state index in [4.69, 9.17) is 33.2 Å². The zero-order valence-corrected chi connectivity index (χ0v) is 21.5. The van der Waals surface area contributed by atoms with Crippen LogP contribution in [0, 0.1) is 0 Å². The van der Waals surface area contributed by atoms with Crippen molar-refractivity contribution in [3.05, 3.63) is 12.2 Å². The Kier molecular flexibility index (Phi) is 8.03. The summed E-state index contributed by atoms with van der Waals surface area (Å²) in [6, 6.07) is 0. The molecule has 3 heterocycles. The van der Waals surface area contributed by atoms with Gasteiger partial charge in [0.2, 0.25) is 0 Å². The minimum atomic E-state index is -0.675. The molecule has 9 heteroatoms. The predicted molar refractivity (Wildman–Crippen MR) is 127 cm³/mol. The summed E-state index contributed by atoms with van der Waals surface area (Å²) >= 11 is 0. The molecule has 5 rings (SSSR count). The zero-order valence-electron chi connectivity index (χ0n) is 21.5. The largest absolute Gasteiger partial charge is 0.469 e. The maximum Gasteiger partial charge on any atom is 0.309 e. The predicted octanol–water partition coefficient (Wildman–Crippen LogP) is 3.72. The van der Waals surface area contributed by atoms with Crippen LogP contribution in [0.1, 0.15) is 84.0 Å². The number of rotatable bonds is 6. The van der Waals surface area contributed by atoms with Gasteiger partial charge in [-0.3, -0.25) is 9.59 Å². The van der Waals surface area contributed by atoms with Gasteiger partial charge in [0.05, 0.1) is 20.1 Å². The fraction of sp³-hybridized carbons (Fsp3) is 0.852. The number of carbonyl (C=O) groups excluding carboxylic acids is 2. The van der Waals surface area contributed by atoms with Crippen LogP contribution in [0.2, 0.25) is 0 Å². The fourth-order valence-electron chi connectivity index (χ4n) is 6.47. The molecule has 5 aliphatic rings. The van der Waals surface area contributed by atoms with Crippen molar-refractivity contribution in [1.29, 1.82) is 0 Å². The van der Waals surface area contributed by atoms with E-state index in [1.807, 2.05) is 6.08 Å². The van der Waals surface area contributed by atoms with Gasteiger partial charge in [-0.05, 0) is 32.1 Å². The molecule has 0 N–H and O–H groups in total. The van der Waals surface area contributed by atoms with Gasteiger partial charge in [0.15, 0.2) is 17.7 Å². The number of methoxy groups -OCH3 is 1. The number of fused-ring (bicyclic) bond motifs is 1. The molecule has 36 heavy (non-hydrogen) atoms. The molecule has 9 nitrogen and oxygen atoms in total. The highest BCUT2D eigenvalue weighted by molar-refractivity contribution is 5.70. The summed E-state index contributed by atoms with van der Waals surface area (Å²) in [5, 5.41) is 0. The lowest BCUT2D eigenvalue weighted by Crippen LogP contribution is -2.61. The van der Waals surface area contributed by atoms with E-state index in [2.05, 4.69) is 0 Å². The van der Waals surface area contributed by atoms with Crippen LogP contribution < -0.4 is 0 Å². The molecule has 3 aliphatic heterocycles. The zero-order chi connectivity index (χ0) is 25.2. The van der Waals surface area contributed by atoms with Crippen molar-refractivity contribution < 1.29 is 42.7 Å². The van der Waals surface area contributed by atoms with E-state index in [0.29, 0.717) is 13.0 Å². The van der Waals surface area contributed by atoms with Gasteiger partial charge in [0.25, 0.3) is 0 Å². The second-order valence-electron chi connectivity index (χ2n) is 10.8. The van der Waals surface area contributed by atoms with Crippen molar-refractivity contribution in [3.63, 3.8) is 0 Å². The van der Waals surface area contributed by atoms with E-state index < -0.39 is 42.1 Å². The van der Waals surface area contributed by atoms with Crippen LogP contribution in [-0.4, -0.2) is 73.9 Å². The molecule has 0 unspecified atom stereocenters. The molecule has 0 radical (unpaired) electrons. The highest BCUT2D eigenvalue weighted by Gasteiger charge is 2.62. The summed E-state index contributed by atoms with van der Waals surface area (Å²) in [4.78, 5) is 23.6. The van der Waals surface area contributed by atoms with Crippen molar-refractivity contribution in [3.8, 4) is 0 Å². The van der Waals surface area contributed by atoms with Crippen LogP contribution in [0.5, 0.6) is 0 Å². The molecule has 3 saturated heterocycles. The molecule has 0 amide bonds. The third-order valence-electron chi connectivity index (χ3n) is 8.19. The lowest BCUT2D eigenvalue weighted by atomic mass is 9.90. The molecule has 2 saturated carbocycles. The van der Waals surface area contributed by atoms with Crippen molar-refractivity contribution in [2.75, 3.05) is 13.7 Å². The fourth-order valence-corrected chi connectivity index (χ4v) is 6.47. The van der Waals surface area contributed by atoms with Gasteiger partial charge in [-0.15, -0.1) is 0 Å². The molecule has 2 spiro atoms. The summed E-state index contributed by atoms with van der Waals surface area (Å²) in [6.45, 7) is 1.84. The number of hydrogen-bond acceptors (Lipinski definition) is 9. The number of hydrogen-bond donors (Lipinski definition) is 0. The van der Waals surface area contributed by atoms with Crippen LogP contribution in [0.4, 0.5) is 0 Å². The summed E-state index contributed by atoms with van der Waals surface area (Å²) in [5.74, 6) is -1.91.